The molecule has 2 aliphatic heterocycles. The predicted molar refractivity (Wildman–Crippen MR) is 172 cm³/mol. The van der Waals surface area contributed by atoms with Crippen molar-refractivity contribution in [3.05, 3.63) is 78.5 Å². The van der Waals surface area contributed by atoms with Crippen LogP contribution in [0.25, 0.3) is 38.9 Å². The second-order valence-electron chi connectivity index (χ2n) is 13.2. The summed E-state index contributed by atoms with van der Waals surface area (Å²) in [5.41, 5.74) is 8.23. The normalized spacial score (nSPS) is 19.2. The fourth-order valence-electron chi connectivity index (χ4n) is 6.69. The largest absolute Gasteiger partial charge is 0.444 e. The smallest absolute Gasteiger partial charge is 0.410 e. The number of H-pyrrole nitrogens is 1. The van der Waals surface area contributed by atoms with Crippen LogP contribution in [-0.2, 0) is 4.74 Å². The molecule has 220 valence electrons. The van der Waals surface area contributed by atoms with E-state index in [-0.39, 0.29) is 12.1 Å². The van der Waals surface area contributed by atoms with E-state index >= 15 is 0 Å². The highest BCUT2D eigenvalue weighted by Gasteiger charge is 2.36. The van der Waals surface area contributed by atoms with E-state index in [9.17, 15) is 4.79 Å². The Kier molecular flexibility index (Phi) is 7.12. The lowest BCUT2D eigenvalue weighted by atomic mass is 9.97. The molecule has 2 aromatic heterocycles. The monoisotopic (exact) mass is 573 g/mol. The number of nitrogens with one attached hydrogen (secondary N) is 1. The van der Waals surface area contributed by atoms with Gasteiger partial charge in [0, 0.05) is 42.4 Å². The lowest BCUT2D eigenvalue weighted by Crippen LogP contribution is -2.43. The van der Waals surface area contributed by atoms with Gasteiger partial charge in [-0.05, 0) is 86.4 Å². The van der Waals surface area contributed by atoms with Gasteiger partial charge in [-0.15, -0.1) is 0 Å². The van der Waals surface area contributed by atoms with Crippen LogP contribution in [0.1, 0.15) is 83.0 Å². The molecule has 4 aromatic rings. The number of benzene rings is 2. The van der Waals surface area contributed by atoms with Gasteiger partial charge < -0.3 is 9.72 Å². The topological polar surface area (TPSA) is 83.5 Å². The van der Waals surface area contributed by atoms with Crippen LogP contribution in [0.15, 0.2) is 72.1 Å². The van der Waals surface area contributed by atoms with Gasteiger partial charge in [0.15, 0.2) is 0 Å². The summed E-state index contributed by atoms with van der Waals surface area (Å²) >= 11 is 0. The second-order valence-corrected chi connectivity index (χ2v) is 13.2. The molecule has 0 radical (unpaired) electrons. The SMILES string of the molecule is CC(C)(C)OC(=O)N1CCC[C@H]1C1=NC=C(c2cnc3cc(-c4ccc(-c5cnc(C6CCCC6)[nH]5)cc4)ccc3c2)C1. The third-order valence-corrected chi connectivity index (χ3v) is 8.94. The minimum absolute atomic E-state index is 0.00595. The minimum atomic E-state index is -0.510. The number of fused-ring (bicyclic) bond motifs is 1. The minimum Gasteiger partial charge on any atom is -0.444 e. The standard InChI is InChI=1S/C36H39N5O2/c1-36(2,3)43-35(42)41-16-6-9-33(41)31-19-29(21-38-31)28-17-27-15-14-26(18-30(27)37-20-28)23-10-12-24(13-11-23)32-22-39-34(40-32)25-7-4-5-8-25/h10-15,17-18,20-22,25,33H,4-9,16,19H2,1-3H3,(H,39,40)/t33-/m0/s1. The molecule has 1 amide bonds. The summed E-state index contributed by atoms with van der Waals surface area (Å²) in [6.07, 6.45) is 13.3. The van der Waals surface area contributed by atoms with Crippen molar-refractivity contribution < 1.29 is 9.53 Å². The number of imidazole rings is 1. The van der Waals surface area contributed by atoms with E-state index in [2.05, 4.69) is 58.5 Å². The number of hydrogen-bond donors (Lipinski definition) is 1. The quantitative estimate of drug-likeness (QED) is 0.259. The number of allylic oxidation sites excluding steroid dienone is 1. The lowest BCUT2D eigenvalue weighted by molar-refractivity contribution is 0.0265. The van der Waals surface area contributed by atoms with E-state index in [4.69, 9.17) is 14.7 Å². The molecule has 43 heavy (non-hydrogen) atoms. The number of likely N-dealkylation sites (tertiary alicyclic amines) is 1. The number of ether oxygens (including phenoxy) is 1. The van der Waals surface area contributed by atoms with Crippen molar-refractivity contribution in [1.29, 1.82) is 0 Å². The molecule has 3 aliphatic rings. The van der Waals surface area contributed by atoms with E-state index in [0.717, 1.165) is 75.2 Å². The maximum Gasteiger partial charge on any atom is 0.410 e. The van der Waals surface area contributed by atoms with Crippen molar-refractivity contribution >= 4 is 28.3 Å². The summed E-state index contributed by atoms with van der Waals surface area (Å²) < 4.78 is 5.66. The first-order valence-corrected chi connectivity index (χ1v) is 15.6. The molecule has 1 saturated carbocycles. The van der Waals surface area contributed by atoms with Crippen molar-refractivity contribution in [2.45, 2.75) is 83.3 Å². The molecule has 7 nitrogen and oxygen atoms in total. The van der Waals surface area contributed by atoms with Crippen molar-refractivity contribution in [2.24, 2.45) is 4.99 Å². The van der Waals surface area contributed by atoms with Gasteiger partial charge in [0.25, 0.3) is 0 Å². The number of carbonyl (C=O) groups is 1. The first kappa shape index (κ1) is 27.6. The number of carbonyl (C=O) groups excluding carboxylic acids is 1. The van der Waals surface area contributed by atoms with Gasteiger partial charge in [0.05, 0.1) is 23.4 Å². The summed E-state index contributed by atoms with van der Waals surface area (Å²) in [5, 5.41) is 1.10. The zero-order valence-corrected chi connectivity index (χ0v) is 25.3. The second kappa shape index (κ2) is 11.1. The van der Waals surface area contributed by atoms with Gasteiger partial charge in [-0.2, -0.15) is 0 Å². The Morgan fingerprint density at radius 2 is 1.65 bits per heavy atom. The summed E-state index contributed by atoms with van der Waals surface area (Å²) in [6, 6.07) is 17.3. The Hall–Kier alpha value is -4.26. The Morgan fingerprint density at radius 1 is 0.884 bits per heavy atom. The maximum atomic E-state index is 12.8. The molecule has 2 aromatic carbocycles. The van der Waals surface area contributed by atoms with E-state index in [1.807, 2.05) is 44.3 Å². The lowest BCUT2D eigenvalue weighted by Gasteiger charge is -2.28. The number of aromatic nitrogens is 3. The summed E-state index contributed by atoms with van der Waals surface area (Å²) in [7, 11) is 0. The van der Waals surface area contributed by atoms with Crippen LogP contribution in [0.4, 0.5) is 4.79 Å². The molecule has 4 heterocycles. The molecule has 7 heteroatoms. The van der Waals surface area contributed by atoms with E-state index < -0.39 is 5.60 Å². The average Bonchev–Trinajstić information content (AvgIpc) is 3.82. The highest BCUT2D eigenvalue weighted by atomic mass is 16.6. The zero-order valence-electron chi connectivity index (χ0n) is 25.3. The van der Waals surface area contributed by atoms with Crippen LogP contribution in [0, 0.1) is 0 Å². The molecular formula is C36H39N5O2. The van der Waals surface area contributed by atoms with Gasteiger partial charge in [-0.1, -0.05) is 49.2 Å². The molecule has 1 atom stereocenters. The maximum absolute atomic E-state index is 12.8. The van der Waals surface area contributed by atoms with Gasteiger partial charge in [0.1, 0.15) is 11.4 Å². The molecule has 1 N–H and O–H groups in total. The third kappa shape index (κ3) is 5.73. The number of amides is 1. The van der Waals surface area contributed by atoms with E-state index in [1.165, 1.54) is 25.7 Å². The Bertz CT molecular complexity index is 1720. The van der Waals surface area contributed by atoms with Crippen LogP contribution in [0.2, 0.25) is 0 Å². The number of hydrogen-bond acceptors (Lipinski definition) is 5. The molecule has 1 saturated heterocycles. The number of pyridine rings is 1. The summed E-state index contributed by atoms with van der Waals surface area (Å²) in [4.78, 5) is 32.5. The first-order valence-electron chi connectivity index (χ1n) is 15.6. The summed E-state index contributed by atoms with van der Waals surface area (Å²) in [6.45, 7) is 6.42. The average molecular weight is 574 g/mol. The highest BCUT2D eigenvalue weighted by Crippen LogP contribution is 2.35. The number of aromatic amines is 1. The molecule has 0 unspecified atom stereocenters. The fourth-order valence-corrected chi connectivity index (χ4v) is 6.69. The van der Waals surface area contributed by atoms with Crippen LogP contribution >= 0.6 is 0 Å². The third-order valence-electron chi connectivity index (χ3n) is 8.94. The molecule has 7 rings (SSSR count). The van der Waals surface area contributed by atoms with Crippen molar-refractivity contribution in [3.8, 4) is 22.4 Å². The number of rotatable bonds is 5. The molecular weight excluding hydrogens is 534 g/mol. The molecule has 2 fully saturated rings. The number of aliphatic imine (C=N–C) groups is 1. The molecule has 0 spiro atoms. The van der Waals surface area contributed by atoms with Crippen molar-refractivity contribution in [1.82, 2.24) is 19.9 Å². The number of nitrogens with zero attached hydrogens (tertiary/aromatic N) is 4. The molecule has 0 bridgehead atoms. The van der Waals surface area contributed by atoms with Crippen LogP contribution in [-0.4, -0.2) is 49.8 Å². The van der Waals surface area contributed by atoms with Crippen molar-refractivity contribution in [2.75, 3.05) is 6.54 Å². The predicted octanol–water partition coefficient (Wildman–Crippen LogP) is 8.53. The molecule has 1 aliphatic carbocycles. The Balaban J connectivity index is 1.03. The summed E-state index contributed by atoms with van der Waals surface area (Å²) in [5.74, 6) is 1.72. The highest BCUT2D eigenvalue weighted by molar-refractivity contribution is 6.03. The zero-order chi connectivity index (χ0) is 29.6. The first-order chi connectivity index (χ1) is 20.8. The van der Waals surface area contributed by atoms with Crippen LogP contribution in [0.5, 0.6) is 0 Å². The Labute approximate surface area is 253 Å². The van der Waals surface area contributed by atoms with Crippen LogP contribution in [0.3, 0.4) is 0 Å². The van der Waals surface area contributed by atoms with E-state index in [1.54, 1.807) is 0 Å². The fraction of sp³-hybridized carbons (Fsp3) is 0.389. The van der Waals surface area contributed by atoms with Gasteiger partial charge >= 0.3 is 6.09 Å². The van der Waals surface area contributed by atoms with Crippen molar-refractivity contribution in [3.63, 3.8) is 0 Å². The van der Waals surface area contributed by atoms with Crippen LogP contribution < -0.4 is 0 Å². The van der Waals surface area contributed by atoms with Gasteiger partial charge in [-0.3, -0.25) is 14.9 Å². The Morgan fingerprint density at radius 3 is 2.44 bits per heavy atom. The van der Waals surface area contributed by atoms with E-state index in [0.29, 0.717) is 12.5 Å². The van der Waals surface area contributed by atoms with Gasteiger partial charge in [-0.25, -0.2) is 9.78 Å². The van der Waals surface area contributed by atoms with Gasteiger partial charge in [0.2, 0.25) is 0 Å².